The number of carbonyl (C=O) groups is 1. The van der Waals surface area contributed by atoms with Crippen molar-refractivity contribution < 1.29 is 9.53 Å². The van der Waals surface area contributed by atoms with E-state index in [9.17, 15) is 14.4 Å². The molecular formula is C23H21N3O4S. The number of hydrogen-bond acceptors (Lipinski definition) is 5. The molecule has 2 heterocycles. The van der Waals surface area contributed by atoms with Gasteiger partial charge in [0.15, 0.2) is 0 Å². The largest absolute Gasteiger partial charge is 0.497 e. The van der Waals surface area contributed by atoms with Crippen LogP contribution in [0, 0.1) is 6.92 Å². The number of anilines is 1. The van der Waals surface area contributed by atoms with E-state index < -0.39 is 5.69 Å². The molecule has 0 aliphatic carbocycles. The van der Waals surface area contributed by atoms with Gasteiger partial charge in [0.1, 0.15) is 17.1 Å². The summed E-state index contributed by atoms with van der Waals surface area (Å²) in [5.41, 5.74) is 0.538. The minimum Gasteiger partial charge on any atom is -0.497 e. The number of nitrogens with one attached hydrogen (secondary N) is 1. The molecule has 0 spiro atoms. The van der Waals surface area contributed by atoms with E-state index in [0.717, 1.165) is 10.4 Å². The maximum Gasteiger partial charge on any atom is 0.332 e. The Morgan fingerprint density at radius 3 is 2.55 bits per heavy atom. The molecule has 0 saturated heterocycles. The van der Waals surface area contributed by atoms with E-state index in [4.69, 9.17) is 4.74 Å². The van der Waals surface area contributed by atoms with E-state index >= 15 is 0 Å². The lowest BCUT2D eigenvalue weighted by Crippen LogP contribution is -2.41. The number of rotatable bonds is 6. The number of carbonyl (C=O) groups excluding carboxylic acids is 1. The molecule has 2 aromatic carbocycles. The summed E-state index contributed by atoms with van der Waals surface area (Å²) in [6.45, 7) is 1.80. The quantitative estimate of drug-likeness (QED) is 0.504. The fourth-order valence-corrected chi connectivity index (χ4v) is 4.40. The fraction of sp³-hybridized carbons (Fsp3) is 0.174. The number of aryl methyl sites for hydroxylation is 1. The van der Waals surface area contributed by atoms with Crippen molar-refractivity contribution in [3.63, 3.8) is 0 Å². The molecule has 0 atom stereocenters. The Kier molecular flexibility index (Phi) is 5.73. The molecule has 0 aliphatic rings. The molecule has 0 aliphatic heterocycles. The lowest BCUT2D eigenvalue weighted by Gasteiger charge is -2.12. The third-order valence-electron chi connectivity index (χ3n) is 4.86. The molecule has 0 unspecified atom stereocenters. The zero-order valence-electron chi connectivity index (χ0n) is 17.1. The first-order valence-electron chi connectivity index (χ1n) is 9.68. The number of methoxy groups -OCH3 is 1. The summed E-state index contributed by atoms with van der Waals surface area (Å²) in [5.74, 6) is 0.246. The van der Waals surface area contributed by atoms with Crippen LogP contribution in [0.1, 0.15) is 10.4 Å². The van der Waals surface area contributed by atoms with E-state index in [-0.39, 0.29) is 24.6 Å². The van der Waals surface area contributed by atoms with Crippen LogP contribution in [0.15, 0.2) is 70.3 Å². The van der Waals surface area contributed by atoms with E-state index in [1.165, 1.54) is 20.5 Å². The standard InChI is InChI=1S/C23H21N3O4S/c1-15-11-19-21(28)25(13-16-7-4-3-5-8-16)23(29)26(22(19)31-15)14-20(27)24-17-9-6-10-18(12-17)30-2/h3-12H,13-14H2,1-2H3,(H,24,27). The Balaban J connectivity index is 1.73. The summed E-state index contributed by atoms with van der Waals surface area (Å²) in [6.07, 6.45) is 0. The summed E-state index contributed by atoms with van der Waals surface area (Å²) < 4.78 is 7.73. The second-order valence-corrected chi connectivity index (χ2v) is 8.34. The maximum atomic E-state index is 13.2. The van der Waals surface area contributed by atoms with Gasteiger partial charge in [-0.05, 0) is 30.7 Å². The second-order valence-electron chi connectivity index (χ2n) is 7.10. The molecule has 1 N–H and O–H groups in total. The molecule has 0 saturated carbocycles. The van der Waals surface area contributed by atoms with Crippen molar-refractivity contribution >= 4 is 33.1 Å². The van der Waals surface area contributed by atoms with Crippen LogP contribution in [0.3, 0.4) is 0 Å². The predicted octanol–water partition coefficient (Wildman–Crippen LogP) is 3.23. The maximum absolute atomic E-state index is 13.2. The molecule has 0 radical (unpaired) electrons. The minimum atomic E-state index is -0.510. The first-order chi connectivity index (χ1) is 15.0. The zero-order chi connectivity index (χ0) is 22.0. The van der Waals surface area contributed by atoms with Crippen molar-refractivity contribution in [2.75, 3.05) is 12.4 Å². The van der Waals surface area contributed by atoms with Crippen LogP contribution in [-0.2, 0) is 17.9 Å². The summed E-state index contributed by atoms with van der Waals surface area (Å²) in [6, 6.07) is 18.0. The van der Waals surface area contributed by atoms with Crippen molar-refractivity contribution in [3.8, 4) is 5.75 Å². The molecule has 0 bridgehead atoms. The highest BCUT2D eigenvalue weighted by Crippen LogP contribution is 2.22. The van der Waals surface area contributed by atoms with Crippen molar-refractivity contribution in [1.82, 2.24) is 9.13 Å². The fourth-order valence-electron chi connectivity index (χ4n) is 3.41. The van der Waals surface area contributed by atoms with Gasteiger partial charge >= 0.3 is 5.69 Å². The van der Waals surface area contributed by atoms with Gasteiger partial charge in [0.05, 0.1) is 19.0 Å². The normalized spacial score (nSPS) is 10.9. The molecule has 158 valence electrons. The highest BCUT2D eigenvalue weighted by molar-refractivity contribution is 7.18. The van der Waals surface area contributed by atoms with Crippen LogP contribution >= 0.6 is 11.3 Å². The summed E-state index contributed by atoms with van der Waals surface area (Å²) >= 11 is 1.33. The van der Waals surface area contributed by atoms with E-state index in [1.54, 1.807) is 37.4 Å². The van der Waals surface area contributed by atoms with Crippen molar-refractivity contribution in [3.05, 3.63) is 91.9 Å². The van der Waals surface area contributed by atoms with Crippen molar-refractivity contribution in [2.45, 2.75) is 20.0 Å². The molecular weight excluding hydrogens is 414 g/mol. The first-order valence-corrected chi connectivity index (χ1v) is 10.5. The number of benzene rings is 2. The van der Waals surface area contributed by atoms with Gasteiger partial charge in [-0.15, -0.1) is 11.3 Å². The number of hydrogen-bond donors (Lipinski definition) is 1. The molecule has 7 nitrogen and oxygen atoms in total. The van der Waals surface area contributed by atoms with Crippen LogP contribution < -0.4 is 21.3 Å². The first kappa shape index (κ1) is 20.6. The van der Waals surface area contributed by atoms with Crippen LogP contribution in [0.5, 0.6) is 5.75 Å². The lowest BCUT2D eigenvalue weighted by molar-refractivity contribution is -0.116. The molecule has 1 amide bonds. The summed E-state index contributed by atoms with van der Waals surface area (Å²) in [7, 11) is 1.55. The molecule has 8 heteroatoms. The average Bonchev–Trinajstić information content (AvgIpc) is 3.17. The number of aromatic nitrogens is 2. The number of thiophene rings is 1. The summed E-state index contributed by atoms with van der Waals surface area (Å²) in [5, 5.41) is 3.22. The Morgan fingerprint density at radius 2 is 1.81 bits per heavy atom. The van der Waals surface area contributed by atoms with Gasteiger partial charge in [-0.2, -0.15) is 0 Å². The van der Waals surface area contributed by atoms with Crippen LogP contribution in [0.4, 0.5) is 5.69 Å². The smallest absolute Gasteiger partial charge is 0.332 e. The van der Waals surface area contributed by atoms with E-state index in [0.29, 0.717) is 21.7 Å². The highest BCUT2D eigenvalue weighted by atomic mass is 32.1. The second kappa shape index (κ2) is 8.61. The zero-order valence-corrected chi connectivity index (χ0v) is 17.9. The van der Waals surface area contributed by atoms with E-state index in [2.05, 4.69) is 5.32 Å². The third kappa shape index (κ3) is 4.29. The van der Waals surface area contributed by atoms with Gasteiger partial charge in [-0.3, -0.25) is 18.7 Å². The Hall–Kier alpha value is -3.65. The average molecular weight is 436 g/mol. The van der Waals surface area contributed by atoms with Crippen LogP contribution in [0.25, 0.3) is 10.2 Å². The minimum absolute atomic E-state index is 0.140. The number of ether oxygens (including phenoxy) is 1. The monoisotopic (exact) mass is 435 g/mol. The van der Waals surface area contributed by atoms with Gasteiger partial charge in [0.25, 0.3) is 5.56 Å². The molecule has 4 rings (SSSR count). The van der Waals surface area contributed by atoms with Gasteiger partial charge in [0, 0.05) is 16.6 Å². The van der Waals surface area contributed by atoms with Crippen molar-refractivity contribution in [2.24, 2.45) is 0 Å². The molecule has 0 fully saturated rings. The van der Waals surface area contributed by atoms with Gasteiger partial charge in [0.2, 0.25) is 5.91 Å². The number of amides is 1. The van der Waals surface area contributed by atoms with Gasteiger partial charge < -0.3 is 10.1 Å². The SMILES string of the molecule is COc1cccc(NC(=O)Cn2c(=O)n(Cc3ccccc3)c(=O)c3cc(C)sc32)c1. The predicted molar refractivity (Wildman–Crippen MR) is 122 cm³/mol. The molecule has 4 aromatic rings. The van der Waals surface area contributed by atoms with Crippen LogP contribution in [0.2, 0.25) is 0 Å². The van der Waals surface area contributed by atoms with Gasteiger partial charge in [-0.1, -0.05) is 36.4 Å². The van der Waals surface area contributed by atoms with Gasteiger partial charge in [-0.25, -0.2) is 4.79 Å². The Bertz CT molecular complexity index is 1370. The Labute approximate surface area is 182 Å². The van der Waals surface area contributed by atoms with Crippen LogP contribution in [-0.4, -0.2) is 22.2 Å². The van der Waals surface area contributed by atoms with Crippen molar-refractivity contribution in [1.29, 1.82) is 0 Å². The molecule has 2 aromatic heterocycles. The van der Waals surface area contributed by atoms with E-state index in [1.807, 2.05) is 37.3 Å². The topological polar surface area (TPSA) is 82.3 Å². The third-order valence-corrected chi connectivity index (χ3v) is 5.93. The summed E-state index contributed by atoms with van der Waals surface area (Å²) in [4.78, 5) is 40.4. The Morgan fingerprint density at radius 1 is 1.03 bits per heavy atom. The number of nitrogens with zero attached hydrogens (tertiary/aromatic N) is 2. The number of fused-ring (bicyclic) bond motifs is 1. The molecule has 31 heavy (non-hydrogen) atoms. The lowest BCUT2D eigenvalue weighted by atomic mass is 10.2. The highest BCUT2D eigenvalue weighted by Gasteiger charge is 2.18.